The number of furan rings is 1. The summed E-state index contributed by atoms with van der Waals surface area (Å²) >= 11 is 15.4. The molecule has 0 radical (unpaired) electrons. The van der Waals surface area contributed by atoms with Crippen LogP contribution in [-0.4, -0.2) is 11.1 Å². The third kappa shape index (κ3) is 4.68. The topological polar surface area (TPSA) is 80.7 Å². The van der Waals surface area contributed by atoms with Gasteiger partial charge in [0.15, 0.2) is 0 Å². The Bertz CT molecular complexity index is 1000. The van der Waals surface area contributed by atoms with Crippen LogP contribution in [0.5, 0.6) is 0 Å². The van der Waals surface area contributed by atoms with Crippen molar-refractivity contribution in [2.75, 3.05) is 0 Å². The van der Waals surface area contributed by atoms with Gasteiger partial charge in [-0.15, -0.1) is 0 Å². The lowest BCUT2D eigenvalue weighted by Crippen LogP contribution is -2.06. The minimum atomic E-state index is -0.453. The summed E-state index contributed by atoms with van der Waals surface area (Å²) in [5.74, 6) is 0.824. The lowest BCUT2D eigenvalue weighted by atomic mass is 10.1. The second kappa shape index (κ2) is 8.56. The number of benzene rings is 2. The molecule has 1 aromatic heterocycles. The molecule has 1 N–H and O–H groups in total. The summed E-state index contributed by atoms with van der Waals surface area (Å²) in [5, 5.41) is 16.4. The predicted octanol–water partition coefficient (Wildman–Crippen LogP) is 6.05. The van der Waals surface area contributed by atoms with E-state index < -0.39 is 4.92 Å². The Kier molecular flexibility index (Phi) is 6.15. The van der Waals surface area contributed by atoms with Crippen LogP contribution in [0.3, 0.4) is 0 Å². The molecule has 2 aromatic carbocycles. The van der Waals surface area contributed by atoms with E-state index in [1.165, 1.54) is 12.3 Å². The van der Waals surface area contributed by atoms with E-state index in [4.69, 9.17) is 27.6 Å². The van der Waals surface area contributed by atoms with Gasteiger partial charge >= 0.3 is 0 Å². The molecule has 9 heteroatoms. The molecule has 3 rings (SSSR count). The van der Waals surface area contributed by atoms with Gasteiger partial charge in [-0.1, -0.05) is 45.2 Å². The van der Waals surface area contributed by atoms with Crippen molar-refractivity contribution in [2.45, 2.75) is 6.54 Å². The van der Waals surface area contributed by atoms with Gasteiger partial charge in [-0.05, 0) is 36.4 Å². The average Bonchev–Trinajstić information content (AvgIpc) is 3.09. The molecular formula is C18H12BrCl2N3O3. The number of hydrogen-bond acceptors (Lipinski definition) is 5. The fraction of sp³-hybridized carbons (Fsp3) is 0.0556. The predicted molar refractivity (Wildman–Crippen MR) is 109 cm³/mol. The molecule has 0 atom stereocenters. The Labute approximate surface area is 173 Å². The van der Waals surface area contributed by atoms with Crippen LogP contribution in [0, 0.1) is 10.1 Å². The molecule has 0 saturated heterocycles. The van der Waals surface area contributed by atoms with Crippen LogP contribution in [0.15, 0.2) is 62.5 Å². The molecule has 0 aliphatic rings. The van der Waals surface area contributed by atoms with E-state index in [0.717, 1.165) is 5.56 Å². The number of nitro benzene ring substituents is 1. The molecule has 0 bridgehead atoms. The SMILES string of the molecule is O=[N+]([O-])c1cc(Br)ccc1-c1ccc(/C=N/NCc2c(Cl)cccc2Cl)o1. The third-order valence-corrected chi connectivity index (χ3v) is 4.85. The zero-order valence-electron chi connectivity index (χ0n) is 13.7. The molecule has 138 valence electrons. The van der Waals surface area contributed by atoms with Crippen LogP contribution in [0.4, 0.5) is 5.69 Å². The van der Waals surface area contributed by atoms with Crippen molar-refractivity contribution in [3.05, 3.63) is 84.5 Å². The molecular weight excluding hydrogens is 457 g/mol. The average molecular weight is 469 g/mol. The van der Waals surface area contributed by atoms with Crippen molar-refractivity contribution >= 4 is 51.0 Å². The van der Waals surface area contributed by atoms with Gasteiger partial charge < -0.3 is 9.84 Å². The summed E-state index contributed by atoms with van der Waals surface area (Å²) in [5.41, 5.74) is 3.92. The highest BCUT2D eigenvalue weighted by molar-refractivity contribution is 9.10. The highest BCUT2D eigenvalue weighted by Gasteiger charge is 2.18. The third-order valence-electron chi connectivity index (χ3n) is 3.65. The summed E-state index contributed by atoms with van der Waals surface area (Å²) in [6.07, 6.45) is 1.47. The van der Waals surface area contributed by atoms with E-state index in [1.54, 1.807) is 42.5 Å². The van der Waals surface area contributed by atoms with Crippen molar-refractivity contribution in [3.63, 3.8) is 0 Å². The number of halogens is 3. The first-order valence-corrected chi connectivity index (χ1v) is 9.23. The minimum absolute atomic E-state index is 0.0475. The van der Waals surface area contributed by atoms with Gasteiger partial charge in [-0.2, -0.15) is 5.10 Å². The van der Waals surface area contributed by atoms with Crippen molar-refractivity contribution in [2.24, 2.45) is 5.10 Å². The Morgan fingerprint density at radius 1 is 1.19 bits per heavy atom. The first kappa shape index (κ1) is 19.4. The molecule has 0 saturated carbocycles. The van der Waals surface area contributed by atoms with E-state index in [9.17, 15) is 10.1 Å². The maximum Gasteiger partial charge on any atom is 0.281 e. The van der Waals surface area contributed by atoms with Crippen molar-refractivity contribution in [1.82, 2.24) is 5.43 Å². The summed E-state index contributed by atoms with van der Waals surface area (Å²) < 4.78 is 6.26. The van der Waals surface area contributed by atoms with Gasteiger partial charge in [0.05, 0.1) is 23.2 Å². The van der Waals surface area contributed by atoms with Crippen LogP contribution in [0.2, 0.25) is 10.0 Å². The fourth-order valence-corrected chi connectivity index (χ4v) is 3.25. The van der Waals surface area contributed by atoms with E-state index >= 15 is 0 Å². The van der Waals surface area contributed by atoms with Crippen LogP contribution in [-0.2, 0) is 6.54 Å². The number of nitrogens with zero attached hydrogens (tertiary/aromatic N) is 2. The summed E-state index contributed by atoms with van der Waals surface area (Å²) in [7, 11) is 0. The molecule has 0 amide bonds. The van der Waals surface area contributed by atoms with Gasteiger partial charge in [0.1, 0.15) is 11.5 Å². The minimum Gasteiger partial charge on any atom is -0.455 e. The number of nitro groups is 1. The van der Waals surface area contributed by atoms with Gasteiger partial charge in [0, 0.05) is 26.1 Å². The Balaban J connectivity index is 1.72. The maximum atomic E-state index is 11.2. The van der Waals surface area contributed by atoms with E-state index in [1.807, 2.05) is 0 Å². The molecule has 0 spiro atoms. The summed E-state index contributed by atoms with van der Waals surface area (Å²) in [4.78, 5) is 10.8. The van der Waals surface area contributed by atoms with Gasteiger partial charge in [0.2, 0.25) is 0 Å². The standard InChI is InChI=1S/C18H12BrCl2N3O3/c19-11-4-6-13(17(8-11)24(25)26)18-7-5-12(27-18)9-22-23-10-14-15(20)2-1-3-16(14)21/h1-9,23H,10H2/b22-9+. The quantitative estimate of drug-likeness (QED) is 0.271. The fourth-order valence-electron chi connectivity index (χ4n) is 2.37. The van der Waals surface area contributed by atoms with E-state index in [2.05, 4.69) is 26.5 Å². The second-order valence-electron chi connectivity index (χ2n) is 5.41. The molecule has 0 unspecified atom stereocenters. The van der Waals surface area contributed by atoms with E-state index in [0.29, 0.717) is 38.1 Å². The number of hydrazone groups is 1. The molecule has 0 aliphatic carbocycles. The number of rotatable bonds is 6. The number of nitrogens with one attached hydrogen (secondary N) is 1. The zero-order valence-corrected chi connectivity index (χ0v) is 16.8. The monoisotopic (exact) mass is 467 g/mol. The first-order valence-electron chi connectivity index (χ1n) is 7.68. The second-order valence-corrected chi connectivity index (χ2v) is 7.14. The van der Waals surface area contributed by atoms with Crippen molar-refractivity contribution < 1.29 is 9.34 Å². The van der Waals surface area contributed by atoms with E-state index in [-0.39, 0.29) is 5.69 Å². The molecule has 27 heavy (non-hydrogen) atoms. The molecule has 3 aromatic rings. The summed E-state index contributed by atoms with van der Waals surface area (Å²) in [6, 6.07) is 13.4. The highest BCUT2D eigenvalue weighted by Crippen LogP contribution is 2.33. The van der Waals surface area contributed by atoms with Crippen LogP contribution in [0.25, 0.3) is 11.3 Å². The molecule has 6 nitrogen and oxygen atoms in total. The molecule has 1 heterocycles. The van der Waals surface area contributed by atoms with Crippen LogP contribution in [0.1, 0.15) is 11.3 Å². The largest absolute Gasteiger partial charge is 0.455 e. The smallest absolute Gasteiger partial charge is 0.281 e. The maximum absolute atomic E-state index is 11.2. The van der Waals surface area contributed by atoms with Crippen molar-refractivity contribution in [1.29, 1.82) is 0 Å². The van der Waals surface area contributed by atoms with Gasteiger partial charge in [0.25, 0.3) is 5.69 Å². The normalized spacial score (nSPS) is 11.1. The zero-order chi connectivity index (χ0) is 19.4. The van der Waals surface area contributed by atoms with Crippen LogP contribution < -0.4 is 5.43 Å². The van der Waals surface area contributed by atoms with Crippen LogP contribution >= 0.6 is 39.1 Å². The van der Waals surface area contributed by atoms with Gasteiger partial charge in [-0.3, -0.25) is 10.1 Å². The Morgan fingerprint density at radius 3 is 2.63 bits per heavy atom. The van der Waals surface area contributed by atoms with Gasteiger partial charge in [-0.25, -0.2) is 0 Å². The lowest BCUT2D eigenvalue weighted by molar-refractivity contribution is -0.384. The lowest BCUT2D eigenvalue weighted by Gasteiger charge is -2.05. The summed E-state index contributed by atoms with van der Waals surface area (Å²) in [6.45, 7) is 0.348. The first-order chi connectivity index (χ1) is 13.0. The van der Waals surface area contributed by atoms with Crippen molar-refractivity contribution in [3.8, 4) is 11.3 Å². The number of hydrogen-bond donors (Lipinski definition) is 1. The highest BCUT2D eigenvalue weighted by atomic mass is 79.9. The molecule has 0 aliphatic heterocycles. The Morgan fingerprint density at radius 2 is 1.93 bits per heavy atom. The Hall–Kier alpha value is -2.35. The molecule has 0 fully saturated rings.